The molecule has 2 rings (SSSR count). The van der Waals surface area contributed by atoms with Crippen LogP contribution in [0.3, 0.4) is 0 Å². The van der Waals surface area contributed by atoms with Gasteiger partial charge in [-0.25, -0.2) is 9.50 Å². The van der Waals surface area contributed by atoms with Gasteiger partial charge in [0.1, 0.15) is 0 Å². The van der Waals surface area contributed by atoms with Crippen molar-refractivity contribution < 1.29 is 5.11 Å². The Morgan fingerprint density at radius 1 is 1.55 bits per heavy atom. The zero-order chi connectivity index (χ0) is 7.84. The Kier molecular flexibility index (Phi) is 1.22. The number of aromatic nitrogens is 3. The maximum absolute atomic E-state index is 9.08. The lowest BCUT2D eigenvalue weighted by molar-refractivity contribution is 0.468. The molecule has 0 radical (unpaired) electrons. The van der Waals surface area contributed by atoms with E-state index in [1.54, 1.807) is 12.3 Å². The van der Waals surface area contributed by atoms with Gasteiger partial charge in [-0.15, -0.1) is 0 Å². The zero-order valence-electron chi connectivity index (χ0n) is 5.40. The van der Waals surface area contributed by atoms with Crippen LogP contribution < -0.4 is 0 Å². The number of nitrogens with zero attached hydrogens (tertiary/aromatic N) is 3. The van der Waals surface area contributed by atoms with E-state index in [-0.39, 0.29) is 10.9 Å². The molecule has 0 saturated heterocycles. The van der Waals surface area contributed by atoms with E-state index in [0.717, 1.165) is 0 Å². The Morgan fingerprint density at radius 2 is 2.36 bits per heavy atom. The first kappa shape index (κ1) is 6.42. The fourth-order valence-electron chi connectivity index (χ4n) is 0.822. The minimum atomic E-state index is -0.0668. The highest BCUT2D eigenvalue weighted by molar-refractivity contribution is 6.30. The monoisotopic (exact) mass is 169 g/mol. The highest BCUT2D eigenvalue weighted by atomic mass is 35.5. The van der Waals surface area contributed by atoms with Crippen molar-refractivity contribution in [2.24, 2.45) is 0 Å². The number of halogens is 1. The second kappa shape index (κ2) is 2.10. The quantitative estimate of drug-likeness (QED) is 0.601. The maximum atomic E-state index is 9.08. The number of fused-ring (bicyclic) bond motifs is 1. The summed E-state index contributed by atoms with van der Waals surface area (Å²) < 4.78 is 1.45. The molecule has 0 aromatic carbocycles. The van der Waals surface area contributed by atoms with Gasteiger partial charge in [0, 0.05) is 6.07 Å². The van der Waals surface area contributed by atoms with E-state index >= 15 is 0 Å². The lowest BCUT2D eigenvalue weighted by Gasteiger charge is -1.95. The van der Waals surface area contributed by atoms with E-state index in [2.05, 4.69) is 10.1 Å². The molecule has 0 atom stereocenters. The smallest absolute Gasteiger partial charge is 0.174 e. The third kappa shape index (κ3) is 0.914. The molecule has 56 valence electrons. The molecule has 0 saturated carbocycles. The van der Waals surface area contributed by atoms with Crippen molar-refractivity contribution in [3.63, 3.8) is 0 Å². The van der Waals surface area contributed by atoms with Gasteiger partial charge in [-0.3, -0.25) is 0 Å². The first-order valence-electron chi connectivity index (χ1n) is 2.96. The van der Waals surface area contributed by atoms with Crippen molar-refractivity contribution in [2.45, 2.75) is 0 Å². The van der Waals surface area contributed by atoms with E-state index in [1.807, 2.05) is 0 Å². The molecule has 0 spiro atoms. The van der Waals surface area contributed by atoms with Crippen LogP contribution in [-0.2, 0) is 0 Å². The Balaban J connectivity index is 2.86. The molecule has 11 heavy (non-hydrogen) atoms. The van der Waals surface area contributed by atoms with Gasteiger partial charge in [-0.1, -0.05) is 11.6 Å². The van der Waals surface area contributed by atoms with Crippen molar-refractivity contribution in [2.75, 3.05) is 0 Å². The molecule has 5 heteroatoms. The number of hydrogen-bond donors (Lipinski definition) is 1. The van der Waals surface area contributed by atoms with Gasteiger partial charge >= 0.3 is 0 Å². The summed E-state index contributed by atoms with van der Waals surface area (Å²) >= 11 is 5.54. The third-order valence-electron chi connectivity index (χ3n) is 1.32. The Morgan fingerprint density at radius 3 is 3.18 bits per heavy atom. The van der Waals surface area contributed by atoms with Crippen molar-refractivity contribution >= 4 is 17.2 Å². The summed E-state index contributed by atoms with van der Waals surface area (Å²) in [6.07, 6.45) is 2.99. The Bertz CT molecular complexity index is 362. The van der Waals surface area contributed by atoms with Gasteiger partial charge in [-0.05, 0) is 0 Å². The van der Waals surface area contributed by atoms with E-state index in [1.165, 1.54) is 10.7 Å². The minimum absolute atomic E-state index is 0.0668. The summed E-state index contributed by atoms with van der Waals surface area (Å²) in [5.41, 5.74) is 0.618. The lowest BCUT2D eigenvalue weighted by Crippen LogP contribution is -1.89. The normalized spacial score (nSPS) is 10.6. The molecule has 0 fully saturated rings. The van der Waals surface area contributed by atoms with Crippen LogP contribution in [0.2, 0.25) is 5.15 Å². The first-order valence-corrected chi connectivity index (χ1v) is 3.34. The molecular weight excluding hydrogens is 166 g/mol. The molecule has 2 heterocycles. The molecule has 1 N–H and O–H groups in total. The van der Waals surface area contributed by atoms with Crippen molar-refractivity contribution in [3.8, 4) is 5.75 Å². The average Bonchev–Trinajstić information content (AvgIpc) is 2.36. The van der Waals surface area contributed by atoms with Crippen LogP contribution in [0, 0.1) is 0 Å². The van der Waals surface area contributed by atoms with Crippen molar-refractivity contribution in [3.05, 3.63) is 23.6 Å². The van der Waals surface area contributed by atoms with Crippen LogP contribution in [0.1, 0.15) is 0 Å². The number of aromatic hydroxyl groups is 1. The van der Waals surface area contributed by atoms with Crippen LogP contribution >= 0.6 is 11.6 Å². The highest BCUT2D eigenvalue weighted by Gasteiger charge is 2.01. The van der Waals surface area contributed by atoms with Crippen molar-refractivity contribution in [1.29, 1.82) is 0 Å². The van der Waals surface area contributed by atoms with E-state index in [9.17, 15) is 0 Å². The van der Waals surface area contributed by atoms with Gasteiger partial charge in [0.2, 0.25) is 0 Å². The van der Waals surface area contributed by atoms with Gasteiger partial charge in [0.05, 0.1) is 12.4 Å². The second-order valence-corrected chi connectivity index (χ2v) is 2.41. The first-order chi connectivity index (χ1) is 5.27. The predicted octanol–water partition coefficient (Wildman–Crippen LogP) is 1.09. The van der Waals surface area contributed by atoms with Crippen LogP contribution in [0.4, 0.5) is 0 Å². The largest absolute Gasteiger partial charge is 0.504 e. The molecular formula is C6H4ClN3O. The molecule has 0 aliphatic heterocycles. The van der Waals surface area contributed by atoms with E-state index < -0.39 is 0 Å². The van der Waals surface area contributed by atoms with E-state index in [4.69, 9.17) is 16.7 Å². The number of hydrogen-bond acceptors (Lipinski definition) is 3. The molecule has 0 aliphatic rings. The molecule has 0 bridgehead atoms. The molecule has 2 aromatic heterocycles. The standard InChI is InChI=1S/C6H4ClN3O/c7-6-4(11)3-10-5(9-6)1-2-8-10/h1-3,11H. The molecule has 0 unspecified atom stereocenters. The van der Waals surface area contributed by atoms with Gasteiger partial charge in [-0.2, -0.15) is 5.10 Å². The molecule has 4 nitrogen and oxygen atoms in total. The highest BCUT2D eigenvalue weighted by Crippen LogP contribution is 2.19. The maximum Gasteiger partial charge on any atom is 0.174 e. The summed E-state index contributed by atoms with van der Waals surface area (Å²) in [5, 5.41) is 13.0. The fourth-order valence-corrected chi connectivity index (χ4v) is 0.958. The lowest BCUT2D eigenvalue weighted by atomic mass is 10.6. The zero-order valence-corrected chi connectivity index (χ0v) is 6.15. The van der Waals surface area contributed by atoms with Gasteiger partial charge in [0.25, 0.3) is 0 Å². The topological polar surface area (TPSA) is 50.4 Å². The van der Waals surface area contributed by atoms with Crippen LogP contribution in [0.5, 0.6) is 5.75 Å². The number of rotatable bonds is 0. The Hall–Kier alpha value is -1.29. The minimum Gasteiger partial charge on any atom is -0.504 e. The van der Waals surface area contributed by atoms with Gasteiger partial charge < -0.3 is 5.11 Å². The summed E-state index contributed by atoms with van der Waals surface area (Å²) in [7, 11) is 0. The van der Waals surface area contributed by atoms with Crippen LogP contribution in [0.15, 0.2) is 18.5 Å². The van der Waals surface area contributed by atoms with Crippen LogP contribution in [0.25, 0.3) is 5.65 Å². The second-order valence-electron chi connectivity index (χ2n) is 2.05. The average molecular weight is 170 g/mol. The molecule has 2 aromatic rings. The fraction of sp³-hybridized carbons (Fsp3) is 0. The molecule has 0 aliphatic carbocycles. The third-order valence-corrected chi connectivity index (χ3v) is 1.60. The SMILES string of the molecule is Oc1cn2nccc2nc1Cl. The summed E-state index contributed by atoms with van der Waals surface area (Å²) in [5.74, 6) is -0.0668. The van der Waals surface area contributed by atoms with E-state index in [0.29, 0.717) is 5.65 Å². The predicted molar refractivity (Wildman–Crippen MR) is 39.7 cm³/mol. The molecule has 0 amide bonds. The summed E-state index contributed by atoms with van der Waals surface area (Å²) in [6.45, 7) is 0. The van der Waals surface area contributed by atoms with Crippen molar-refractivity contribution in [1.82, 2.24) is 14.6 Å². The summed E-state index contributed by atoms with van der Waals surface area (Å²) in [4.78, 5) is 3.85. The van der Waals surface area contributed by atoms with Gasteiger partial charge in [0.15, 0.2) is 16.5 Å². The summed E-state index contributed by atoms with van der Waals surface area (Å²) in [6, 6.07) is 1.70. The van der Waals surface area contributed by atoms with Crippen LogP contribution in [-0.4, -0.2) is 19.7 Å². The Labute approximate surface area is 67.1 Å².